The normalized spacial score (nSPS) is 42.4. The Morgan fingerprint density at radius 3 is 2.60 bits per heavy atom. The van der Waals surface area contributed by atoms with E-state index in [9.17, 15) is 9.59 Å². The summed E-state index contributed by atoms with van der Waals surface area (Å²) in [5, 5.41) is 10.9. The molecule has 1 saturated heterocycles. The summed E-state index contributed by atoms with van der Waals surface area (Å²) < 4.78 is 0. The van der Waals surface area contributed by atoms with Crippen molar-refractivity contribution in [3.05, 3.63) is 0 Å². The van der Waals surface area contributed by atoms with Gasteiger partial charge in [-0.25, -0.2) is 4.79 Å². The van der Waals surface area contributed by atoms with Crippen molar-refractivity contribution in [2.75, 3.05) is 0 Å². The van der Waals surface area contributed by atoms with E-state index in [-0.39, 0.29) is 17.7 Å². The molecule has 1 aliphatic carbocycles. The zero-order chi connectivity index (χ0) is 7.30. The number of carbonyl (C=O) groups is 2. The Morgan fingerprint density at radius 2 is 2.40 bits per heavy atom. The van der Waals surface area contributed by atoms with Gasteiger partial charge in [0, 0.05) is 11.8 Å². The highest BCUT2D eigenvalue weighted by molar-refractivity contribution is 5.92. The Hall–Kier alpha value is -1.06. The van der Waals surface area contributed by atoms with Crippen molar-refractivity contribution in [2.24, 2.45) is 11.8 Å². The summed E-state index contributed by atoms with van der Waals surface area (Å²) >= 11 is 0. The Morgan fingerprint density at radius 1 is 1.70 bits per heavy atom. The summed E-state index contributed by atoms with van der Waals surface area (Å²) in [6.45, 7) is 0. The molecule has 2 N–H and O–H groups in total. The molecule has 1 heterocycles. The van der Waals surface area contributed by atoms with E-state index in [1.54, 1.807) is 0 Å². The molecule has 2 rings (SSSR count). The highest BCUT2D eigenvalue weighted by Crippen LogP contribution is 2.45. The number of carboxylic acid groups (broad SMARTS) is 1. The average Bonchev–Trinajstić information content (AvgIpc) is 2.55. The van der Waals surface area contributed by atoms with Crippen LogP contribution in [0.4, 0.5) is 0 Å². The molecule has 2 fully saturated rings. The lowest BCUT2D eigenvalue weighted by Gasteiger charge is -2.05. The van der Waals surface area contributed by atoms with Crippen LogP contribution in [0, 0.1) is 11.8 Å². The molecule has 2 aliphatic rings. The van der Waals surface area contributed by atoms with E-state index in [4.69, 9.17) is 5.11 Å². The molecule has 0 radical (unpaired) electrons. The first-order valence-electron chi connectivity index (χ1n) is 3.23. The van der Waals surface area contributed by atoms with Gasteiger partial charge in [0.1, 0.15) is 6.04 Å². The van der Waals surface area contributed by atoms with Gasteiger partial charge < -0.3 is 10.4 Å². The van der Waals surface area contributed by atoms with Crippen molar-refractivity contribution < 1.29 is 14.7 Å². The second-order valence-corrected chi connectivity index (χ2v) is 2.83. The smallest absolute Gasteiger partial charge is 0.326 e. The maximum atomic E-state index is 10.8. The van der Waals surface area contributed by atoms with E-state index in [0.717, 1.165) is 6.42 Å². The van der Waals surface area contributed by atoms with Crippen LogP contribution in [0.15, 0.2) is 0 Å². The summed E-state index contributed by atoms with van der Waals surface area (Å²) in [6, 6.07) is -0.600. The second-order valence-electron chi connectivity index (χ2n) is 2.83. The van der Waals surface area contributed by atoms with Crippen molar-refractivity contribution in [1.29, 1.82) is 0 Å². The van der Waals surface area contributed by atoms with Gasteiger partial charge in [0.25, 0.3) is 0 Å². The van der Waals surface area contributed by atoms with E-state index in [0.29, 0.717) is 0 Å². The molecule has 0 bridgehead atoms. The molecule has 54 valence electrons. The lowest BCUT2D eigenvalue weighted by Crippen LogP contribution is -2.36. The summed E-state index contributed by atoms with van der Waals surface area (Å²) in [5.74, 6) is -0.887. The molecule has 0 aromatic carbocycles. The molecule has 1 saturated carbocycles. The molecular weight excluding hydrogens is 134 g/mol. The SMILES string of the molecule is O=C1NC(C(=O)O)C2CC12. The van der Waals surface area contributed by atoms with Gasteiger partial charge in [0.15, 0.2) is 0 Å². The minimum Gasteiger partial charge on any atom is -0.480 e. The number of carboxylic acids is 1. The van der Waals surface area contributed by atoms with Gasteiger partial charge in [0.05, 0.1) is 0 Å². The summed E-state index contributed by atoms with van der Waals surface area (Å²) in [5.41, 5.74) is 0. The van der Waals surface area contributed by atoms with E-state index in [2.05, 4.69) is 5.32 Å². The Bertz CT molecular complexity index is 213. The van der Waals surface area contributed by atoms with E-state index >= 15 is 0 Å². The number of amides is 1. The maximum absolute atomic E-state index is 10.8. The van der Waals surface area contributed by atoms with Gasteiger partial charge in [-0.3, -0.25) is 4.79 Å². The van der Waals surface area contributed by atoms with Gasteiger partial charge >= 0.3 is 5.97 Å². The molecule has 3 unspecified atom stereocenters. The highest BCUT2D eigenvalue weighted by Gasteiger charge is 2.56. The van der Waals surface area contributed by atoms with Crippen molar-refractivity contribution in [3.63, 3.8) is 0 Å². The van der Waals surface area contributed by atoms with Crippen LogP contribution in [0.2, 0.25) is 0 Å². The second kappa shape index (κ2) is 1.51. The molecule has 3 atom stereocenters. The molecule has 1 aliphatic heterocycles. The zero-order valence-corrected chi connectivity index (χ0v) is 5.20. The van der Waals surface area contributed by atoms with Crippen molar-refractivity contribution in [1.82, 2.24) is 5.32 Å². The van der Waals surface area contributed by atoms with Crippen LogP contribution in [-0.2, 0) is 9.59 Å². The van der Waals surface area contributed by atoms with E-state index in [1.807, 2.05) is 0 Å². The zero-order valence-electron chi connectivity index (χ0n) is 5.20. The lowest BCUT2D eigenvalue weighted by molar-refractivity contribution is -0.140. The molecule has 0 aromatic rings. The Balaban J connectivity index is 2.15. The molecule has 4 heteroatoms. The van der Waals surface area contributed by atoms with Crippen LogP contribution in [0.1, 0.15) is 6.42 Å². The minimum atomic E-state index is -0.904. The fourth-order valence-electron chi connectivity index (χ4n) is 1.50. The molecule has 10 heavy (non-hydrogen) atoms. The number of carbonyl (C=O) groups excluding carboxylic acids is 1. The summed E-state index contributed by atoms with van der Waals surface area (Å²) in [4.78, 5) is 21.1. The number of fused-ring (bicyclic) bond motifs is 1. The predicted octanol–water partition coefficient (Wildman–Crippen LogP) is -0.795. The van der Waals surface area contributed by atoms with Crippen LogP contribution in [0.5, 0.6) is 0 Å². The van der Waals surface area contributed by atoms with Gasteiger partial charge in [-0.05, 0) is 6.42 Å². The third-order valence-corrected chi connectivity index (χ3v) is 2.17. The topological polar surface area (TPSA) is 66.4 Å². The average molecular weight is 141 g/mol. The molecule has 4 nitrogen and oxygen atoms in total. The highest BCUT2D eigenvalue weighted by atomic mass is 16.4. The van der Waals surface area contributed by atoms with E-state index < -0.39 is 12.0 Å². The molecular formula is C6H7NO3. The predicted molar refractivity (Wildman–Crippen MR) is 31.2 cm³/mol. The van der Waals surface area contributed by atoms with Gasteiger partial charge in [-0.15, -0.1) is 0 Å². The Labute approximate surface area is 57.2 Å². The fourth-order valence-corrected chi connectivity index (χ4v) is 1.50. The van der Waals surface area contributed by atoms with Crippen LogP contribution in [0.3, 0.4) is 0 Å². The first-order valence-corrected chi connectivity index (χ1v) is 3.23. The quantitative estimate of drug-likeness (QED) is 0.502. The monoisotopic (exact) mass is 141 g/mol. The third kappa shape index (κ3) is 0.558. The minimum absolute atomic E-state index is 0.0149. The standard InChI is InChI=1S/C6H7NO3/c8-5-3-1-2(3)4(7-5)6(9)10/h2-4H,1H2,(H,7,8)(H,9,10). The maximum Gasteiger partial charge on any atom is 0.326 e. The van der Waals surface area contributed by atoms with Gasteiger partial charge in [0.2, 0.25) is 5.91 Å². The number of piperidine rings is 1. The lowest BCUT2D eigenvalue weighted by atomic mass is 10.2. The number of nitrogens with one attached hydrogen (secondary N) is 1. The summed E-state index contributed by atoms with van der Waals surface area (Å²) in [7, 11) is 0. The van der Waals surface area contributed by atoms with Crippen LogP contribution in [-0.4, -0.2) is 23.0 Å². The molecule has 1 amide bonds. The van der Waals surface area contributed by atoms with Crippen LogP contribution < -0.4 is 5.32 Å². The van der Waals surface area contributed by atoms with Crippen molar-refractivity contribution in [2.45, 2.75) is 12.5 Å². The first-order chi connectivity index (χ1) is 4.70. The van der Waals surface area contributed by atoms with Gasteiger partial charge in [-0.2, -0.15) is 0 Å². The summed E-state index contributed by atoms with van der Waals surface area (Å²) in [6.07, 6.45) is 0.767. The number of hydrogen-bond acceptors (Lipinski definition) is 2. The molecule has 0 aromatic heterocycles. The number of aliphatic carboxylic acids is 1. The third-order valence-electron chi connectivity index (χ3n) is 2.17. The van der Waals surface area contributed by atoms with Crippen LogP contribution in [0.25, 0.3) is 0 Å². The number of rotatable bonds is 1. The Kier molecular flexibility index (Phi) is 0.859. The van der Waals surface area contributed by atoms with Crippen molar-refractivity contribution >= 4 is 11.9 Å². The molecule has 0 spiro atoms. The number of hydrogen-bond donors (Lipinski definition) is 2. The van der Waals surface area contributed by atoms with Crippen LogP contribution >= 0.6 is 0 Å². The van der Waals surface area contributed by atoms with Gasteiger partial charge in [-0.1, -0.05) is 0 Å². The first kappa shape index (κ1) is 5.70. The largest absolute Gasteiger partial charge is 0.480 e. The van der Waals surface area contributed by atoms with Crippen molar-refractivity contribution in [3.8, 4) is 0 Å². The van der Waals surface area contributed by atoms with E-state index in [1.165, 1.54) is 0 Å². The fraction of sp³-hybridized carbons (Fsp3) is 0.667.